The van der Waals surface area contributed by atoms with Crippen molar-refractivity contribution in [2.45, 2.75) is 26.7 Å². The average molecular weight is 350 g/mol. The Hall–Kier alpha value is -3.02. The number of nitrogens with zero attached hydrogens (tertiary/aromatic N) is 2. The molecule has 1 fully saturated rings. The van der Waals surface area contributed by atoms with Gasteiger partial charge in [-0.1, -0.05) is 18.2 Å². The Labute approximate surface area is 152 Å². The number of carbonyl (C=O) groups is 2. The lowest BCUT2D eigenvalue weighted by Gasteiger charge is -2.21. The zero-order chi connectivity index (χ0) is 18.5. The minimum atomic E-state index is -0.622. The summed E-state index contributed by atoms with van der Waals surface area (Å²) in [6.45, 7) is 4.52. The summed E-state index contributed by atoms with van der Waals surface area (Å²) in [5, 5.41) is 14.1. The summed E-state index contributed by atoms with van der Waals surface area (Å²) >= 11 is 0. The molecule has 0 aromatic heterocycles. The molecule has 1 heterocycles. The number of azo groups is 1. The molecule has 6 heteroatoms. The van der Waals surface area contributed by atoms with Crippen LogP contribution in [0, 0.1) is 19.8 Å². The summed E-state index contributed by atoms with van der Waals surface area (Å²) in [7, 11) is 0. The normalized spacial score (nSPS) is 17.2. The SMILES string of the molecule is Cc1ccccc1N=Nc1ccc(NC(=O)C2CCCNC2=O)c(C)c1. The fourth-order valence-electron chi connectivity index (χ4n) is 2.88. The summed E-state index contributed by atoms with van der Waals surface area (Å²) in [5.41, 5.74) is 4.15. The topological polar surface area (TPSA) is 82.9 Å². The maximum absolute atomic E-state index is 12.3. The lowest BCUT2D eigenvalue weighted by atomic mass is 9.97. The molecule has 0 radical (unpaired) electrons. The van der Waals surface area contributed by atoms with Crippen LogP contribution in [0.4, 0.5) is 17.1 Å². The number of piperidine rings is 1. The fourth-order valence-corrected chi connectivity index (χ4v) is 2.88. The monoisotopic (exact) mass is 350 g/mol. The van der Waals surface area contributed by atoms with Crippen LogP contribution < -0.4 is 10.6 Å². The van der Waals surface area contributed by atoms with Gasteiger partial charge in [0.15, 0.2) is 0 Å². The standard InChI is InChI=1S/C20H22N4O2/c1-13-6-3-4-8-18(13)24-23-15-9-10-17(14(2)12-15)22-20(26)16-7-5-11-21-19(16)25/h3-4,6,8-10,12,16H,5,7,11H2,1-2H3,(H,21,25)(H,22,26). The minimum absolute atomic E-state index is 0.199. The molecule has 2 aromatic rings. The molecular weight excluding hydrogens is 328 g/mol. The lowest BCUT2D eigenvalue weighted by molar-refractivity contribution is -0.134. The second kappa shape index (κ2) is 7.91. The molecule has 0 spiro atoms. The summed E-state index contributed by atoms with van der Waals surface area (Å²) in [5.74, 6) is -1.08. The van der Waals surface area contributed by atoms with E-state index >= 15 is 0 Å². The molecule has 0 saturated carbocycles. The third-order valence-electron chi connectivity index (χ3n) is 4.46. The maximum Gasteiger partial charge on any atom is 0.236 e. The van der Waals surface area contributed by atoms with Gasteiger partial charge in [-0.15, -0.1) is 0 Å². The molecule has 2 aromatic carbocycles. The predicted molar refractivity (Wildman–Crippen MR) is 101 cm³/mol. The fraction of sp³-hybridized carbons (Fsp3) is 0.300. The predicted octanol–water partition coefficient (Wildman–Crippen LogP) is 4.18. The molecule has 3 rings (SSSR count). The quantitative estimate of drug-likeness (QED) is 0.640. The molecule has 1 atom stereocenters. The van der Waals surface area contributed by atoms with Crippen molar-refractivity contribution in [3.05, 3.63) is 53.6 Å². The van der Waals surface area contributed by atoms with Gasteiger partial charge in [0.25, 0.3) is 0 Å². The summed E-state index contributed by atoms with van der Waals surface area (Å²) in [4.78, 5) is 24.2. The number of benzene rings is 2. The van der Waals surface area contributed by atoms with E-state index < -0.39 is 5.92 Å². The van der Waals surface area contributed by atoms with Gasteiger partial charge in [0.05, 0.1) is 11.4 Å². The number of rotatable bonds is 4. The van der Waals surface area contributed by atoms with E-state index in [1.807, 2.05) is 44.2 Å². The van der Waals surface area contributed by atoms with Crippen LogP contribution in [0.2, 0.25) is 0 Å². The number of aryl methyl sites for hydroxylation is 2. The van der Waals surface area contributed by atoms with Gasteiger partial charge in [0.2, 0.25) is 11.8 Å². The van der Waals surface area contributed by atoms with Crippen molar-refractivity contribution in [3.8, 4) is 0 Å². The molecule has 134 valence electrons. The second-order valence-electron chi connectivity index (χ2n) is 6.46. The number of hydrogen-bond acceptors (Lipinski definition) is 4. The van der Waals surface area contributed by atoms with E-state index in [0.717, 1.165) is 23.2 Å². The first-order chi connectivity index (χ1) is 12.5. The molecule has 1 aliphatic heterocycles. The van der Waals surface area contributed by atoms with E-state index in [-0.39, 0.29) is 11.8 Å². The van der Waals surface area contributed by atoms with Gasteiger partial charge in [-0.05, 0) is 62.1 Å². The molecule has 2 N–H and O–H groups in total. The Morgan fingerprint density at radius 1 is 1.12 bits per heavy atom. The van der Waals surface area contributed by atoms with Gasteiger partial charge in [-0.3, -0.25) is 9.59 Å². The number of amides is 2. The molecule has 1 unspecified atom stereocenters. The van der Waals surface area contributed by atoms with Gasteiger partial charge < -0.3 is 10.6 Å². The largest absolute Gasteiger partial charge is 0.355 e. The number of nitrogens with one attached hydrogen (secondary N) is 2. The van der Waals surface area contributed by atoms with E-state index in [1.165, 1.54) is 0 Å². The summed E-state index contributed by atoms with van der Waals surface area (Å²) < 4.78 is 0. The first-order valence-corrected chi connectivity index (χ1v) is 8.71. The smallest absolute Gasteiger partial charge is 0.236 e. The number of carbonyl (C=O) groups excluding carboxylic acids is 2. The summed E-state index contributed by atoms with van der Waals surface area (Å²) in [6.07, 6.45) is 1.40. The Balaban J connectivity index is 1.70. The second-order valence-corrected chi connectivity index (χ2v) is 6.46. The highest BCUT2D eigenvalue weighted by Crippen LogP contribution is 2.26. The van der Waals surface area contributed by atoms with Crippen molar-refractivity contribution in [1.29, 1.82) is 0 Å². The molecular formula is C20H22N4O2. The van der Waals surface area contributed by atoms with Crippen molar-refractivity contribution in [1.82, 2.24) is 5.32 Å². The molecule has 0 bridgehead atoms. The first-order valence-electron chi connectivity index (χ1n) is 8.71. The van der Waals surface area contributed by atoms with E-state index in [0.29, 0.717) is 24.3 Å². The van der Waals surface area contributed by atoms with Crippen LogP contribution in [0.25, 0.3) is 0 Å². The van der Waals surface area contributed by atoms with Crippen molar-refractivity contribution in [2.75, 3.05) is 11.9 Å². The van der Waals surface area contributed by atoms with E-state index in [2.05, 4.69) is 20.9 Å². The third-order valence-corrected chi connectivity index (χ3v) is 4.46. The van der Waals surface area contributed by atoms with Crippen LogP contribution in [0.15, 0.2) is 52.7 Å². The Morgan fingerprint density at radius 3 is 2.65 bits per heavy atom. The van der Waals surface area contributed by atoms with Gasteiger partial charge in [-0.2, -0.15) is 10.2 Å². The highest BCUT2D eigenvalue weighted by Gasteiger charge is 2.29. The van der Waals surface area contributed by atoms with E-state index in [1.54, 1.807) is 12.1 Å². The molecule has 2 amide bonds. The Morgan fingerprint density at radius 2 is 1.92 bits per heavy atom. The Kier molecular flexibility index (Phi) is 5.41. The van der Waals surface area contributed by atoms with Crippen molar-refractivity contribution < 1.29 is 9.59 Å². The van der Waals surface area contributed by atoms with E-state index in [4.69, 9.17) is 0 Å². The molecule has 26 heavy (non-hydrogen) atoms. The highest BCUT2D eigenvalue weighted by molar-refractivity contribution is 6.07. The lowest BCUT2D eigenvalue weighted by Crippen LogP contribution is -2.42. The van der Waals surface area contributed by atoms with Crippen LogP contribution in [0.1, 0.15) is 24.0 Å². The Bertz CT molecular complexity index is 861. The first kappa shape index (κ1) is 17.8. The van der Waals surface area contributed by atoms with Crippen LogP contribution in [-0.2, 0) is 9.59 Å². The zero-order valence-electron chi connectivity index (χ0n) is 15.0. The zero-order valence-corrected chi connectivity index (χ0v) is 15.0. The molecule has 0 aliphatic carbocycles. The third kappa shape index (κ3) is 4.14. The van der Waals surface area contributed by atoms with Gasteiger partial charge in [-0.25, -0.2) is 0 Å². The molecule has 6 nitrogen and oxygen atoms in total. The van der Waals surface area contributed by atoms with Crippen LogP contribution in [0.5, 0.6) is 0 Å². The van der Waals surface area contributed by atoms with Crippen molar-refractivity contribution >= 4 is 28.9 Å². The molecule has 1 aliphatic rings. The maximum atomic E-state index is 12.3. The number of hydrogen-bond donors (Lipinski definition) is 2. The number of anilines is 1. The van der Waals surface area contributed by atoms with Gasteiger partial charge in [0, 0.05) is 12.2 Å². The summed E-state index contributed by atoms with van der Waals surface area (Å²) in [6, 6.07) is 13.2. The van der Waals surface area contributed by atoms with Crippen LogP contribution in [-0.4, -0.2) is 18.4 Å². The molecule has 1 saturated heterocycles. The van der Waals surface area contributed by atoms with Crippen LogP contribution >= 0.6 is 0 Å². The van der Waals surface area contributed by atoms with E-state index in [9.17, 15) is 9.59 Å². The van der Waals surface area contributed by atoms with Crippen LogP contribution in [0.3, 0.4) is 0 Å². The average Bonchev–Trinajstić information content (AvgIpc) is 2.63. The minimum Gasteiger partial charge on any atom is -0.355 e. The van der Waals surface area contributed by atoms with Gasteiger partial charge >= 0.3 is 0 Å². The van der Waals surface area contributed by atoms with Crippen molar-refractivity contribution in [3.63, 3.8) is 0 Å². The van der Waals surface area contributed by atoms with Crippen molar-refractivity contribution in [2.24, 2.45) is 16.1 Å². The van der Waals surface area contributed by atoms with Gasteiger partial charge in [0.1, 0.15) is 5.92 Å². The highest BCUT2D eigenvalue weighted by atomic mass is 16.2.